The fourth-order valence-corrected chi connectivity index (χ4v) is 3.57. The molecule has 0 aromatic heterocycles. The highest BCUT2D eigenvalue weighted by atomic mass is 16.6. The van der Waals surface area contributed by atoms with Crippen molar-refractivity contribution in [1.82, 2.24) is 0 Å². The molecule has 0 heterocycles. The van der Waals surface area contributed by atoms with Crippen LogP contribution >= 0.6 is 0 Å². The maximum absolute atomic E-state index is 12.4. The van der Waals surface area contributed by atoms with Gasteiger partial charge in [0.2, 0.25) is 0 Å². The molecule has 150 valence electrons. The molecule has 0 atom stereocenters. The molecule has 0 N–H and O–H groups in total. The highest BCUT2D eigenvalue weighted by Gasteiger charge is 2.40. The van der Waals surface area contributed by atoms with Crippen LogP contribution in [-0.2, 0) is 15.1 Å². The smallest absolute Gasteiger partial charge is 0.304 e. The van der Waals surface area contributed by atoms with Gasteiger partial charge in [0, 0.05) is 63.2 Å². The summed E-state index contributed by atoms with van der Waals surface area (Å²) >= 11 is 0. The number of carbonyl (C=O) groups is 1. The number of benzene rings is 3. The van der Waals surface area contributed by atoms with Crippen LogP contribution in [0.1, 0.15) is 23.6 Å². The Hall–Kier alpha value is -3.27. The van der Waals surface area contributed by atoms with Gasteiger partial charge in [-0.1, -0.05) is 54.6 Å². The SMILES string of the molecule is CC(=O)OC(c1ccccc1)(c1cccc(N(C)C)c1)c1cccc(N(C)C)c1. The van der Waals surface area contributed by atoms with Gasteiger partial charge < -0.3 is 14.5 Å². The molecule has 0 saturated heterocycles. The lowest BCUT2D eigenvalue weighted by Gasteiger charge is -2.36. The molecule has 0 spiro atoms. The molecule has 0 aliphatic carbocycles. The quantitative estimate of drug-likeness (QED) is 0.454. The zero-order valence-electron chi connectivity index (χ0n) is 17.7. The second-order valence-corrected chi connectivity index (χ2v) is 7.53. The molecule has 4 nitrogen and oxygen atoms in total. The number of esters is 1. The van der Waals surface area contributed by atoms with E-state index in [4.69, 9.17) is 4.74 Å². The number of anilines is 2. The number of rotatable bonds is 6. The predicted molar refractivity (Wildman–Crippen MR) is 120 cm³/mol. The molecule has 4 heteroatoms. The van der Waals surface area contributed by atoms with Crippen molar-refractivity contribution in [3.8, 4) is 0 Å². The van der Waals surface area contributed by atoms with Gasteiger partial charge in [0.05, 0.1) is 0 Å². The van der Waals surface area contributed by atoms with Crippen LogP contribution in [0.5, 0.6) is 0 Å². The van der Waals surface area contributed by atoms with Gasteiger partial charge in [0.15, 0.2) is 5.60 Å². The molecule has 0 amide bonds. The Bertz CT molecular complexity index is 929. The van der Waals surface area contributed by atoms with Gasteiger partial charge in [-0.2, -0.15) is 0 Å². The third kappa shape index (κ3) is 4.11. The highest BCUT2D eigenvalue weighted by molar-refractivity contribution is 5.70. The van der Waals surface area contributed by atoms with E-state index < -0.39 is 5.60 Å². The Morgan fingerprint density at radius 2 is 1.14 bits per heavy atom. The van der Waals surface area contributed by atoms with Gasteiger partial charge in [-0.05, 0) is 24.3 Å². The first-order chi connectivity index (χ1) is 13.8. The highest BCUT2D eigenvalue weighted by Crippen LogP contribution is 2.42. The van der Waals surface area contributed by atoms with Gasteiger partial charge in [-0.15, -0.1) is 0 Å². The van der Waals surface area contributed by atoms with Gasteiger partial charge in [0.1, 0.15) is 0 Å². The normalized spacial score (nSPS) is 11.1. The van der Waals surface area contributed by atoms with E-state index in [0.29, 0.717) is 0 Å². The molecular weight excluding hydrogens is 360 g/mol. The summed E-state index contributed by atoms with van der Waals surface area (Å²) in [5.74, 6) is -0.334. The second kappa shape index (κ2) is 8.39. The topological polar surface area (TPSA) is 32.8 Å². The van der Waals surface area contributed by atoms with Crippen LogP contribution < -0.4 is 9.80 Å². The van der Waals surface area contributed by atoms with E-state index in [0.717, 1.165) is 28.1 Å². The van der Waals surface area contributed by atoms with Crippen molar-refractivity contribution in [3.05, 3.63) is 95.6 Å². The molecule has 3 aromatic carbocycles. The second-order valence-electron chi connectivity index (χ2n) is 7.53. The van der Waals surface area contributed by atoms with Crippen molar-refractivity contribution >= 4 is 17.3 Å². The van der Waals surface area contributed by atoms with Gasteiger partial charge in [-0.25, -0.2) is 0 Å². The number of nitrogens with zero attached hydrogens (tertiary/aromatic N) is 2. The maximum atomic E-state index is 12.4. The number of carbonyl (C=O) groups excluding carboxylic acids is 1. The molecule has 0 aliphatic rings. The van der Waals surface area contributed by atoms with Crippen LogP contribution in [0.15, 0.2) is 78.9 Å². The van der Waals surface area contributed by atoms with Crippen molar-refractivity contribution in [1.29, 1.82) is 0 Å². The number of ether oxygens (including phenoxy) is 1. The Balaban J connectivity index is 2.37. The fourth-order valence-electron chi connectivity index (χ4n) is 3.57. The van der Waals surface area contributed by atoms with Crippen LogP contribution in [-0.4, -0.2) is 34.2 Å². The molecule has 0 radical (unpaired) electrons. The molecule has 0 saturated carbocycles. The van der Waals surface area contributed by atoms with Crippen LogP contribution in [0.25, 0.3) is 0 Å². The van der Waals surface area contributed by atoms with E-state index in [1.165, 1.54) is 6.92 Å². The zero-order chi connectivity index (χ0) is 21.0. The standard InChI is InChI=1S/C25H28N2O2/c1-19(28)29-25(20-11-7-6-8-12-20,21-13-9-15-23(17-21)26(2)3)22-14-10-16-24(18-22)27(4)5/h6-18H,1-5H3. The summed E-state index contributed by atoms with van der Waals surface area (Å²) in [6.07, 6.45) is 0. The number of hydrogen-bond acceptors (Lipinski definition) is 4. The Kier molecular flexibility index (Phi) is 5.92. The monoisotopic (exact) mass is 388 g/mol. The Morgan fingerprint density at radius 3 is 1.55 bits per heavy atom. The van der Waals surface area contributed by atoms with E-state index in [-0.39, 0.29) is 5.97 Å². The van der Waals surface area contributed by atoms with Crippen molar-refractivity contribution in [3.63, 3.8) is 0 Å². The van der Waals surface area contributed by atoms with E-state index in [9.17, 15) is 4.79 Å². The van der Waals surface area contributed by atoms with E-state index in [1.807, 2.05) is 105 Å². The average Bonchev–Trinajstić information content (AvgIpc) is 2.72. The third-order valence-corrected chi connectivity index (χ3v) is 5.02. The van der Waals surface area contributed by atoms with Crippen LogP contribution in [0, 0.1) is 0 Å². The van der Waals surface area contributed by atoms with Crippen molar-refractivity contribution < 1.29 is 9.53 Å². The average molecular weight is 389 g/mol. The first-order valence-electron chi connectivity index (χ1n) is 9.65. The molecule has 0 aliphatic heterocycles. The summed E-state index contributed by atoms with van der Waals surface area (Å²) in [6, 6.07) is 26.2. The Morgan fingerprint density at radius 1 is 0.690 bits per heavy atom. The van der Waals surface area contributed by atoms with Gasteiger partial charge in [-0.3, -0.25) is 4.79 Å². The van der Waals surface area contributed by atoms with Crippen molar-refractivity contribution in [2.75, 3.05) is 38.0 Å². The van der Waals surface area contributed by atoms with E-state index in [2.05, 4.69) is 12.1 Å². The largest absolute Gasteiger partial charge is 0.444 e. The summed E-state index contributed by atoms with van der Waals surface area (Å²) < 4.78 is 6.19. The first kappa shape index (κ1) is 20.5. The lowest BCUT2D eigenvalue weighted by Crippen LogP contribution is -2.35. The molecule has 0 bridgehead atoms. The summed E-state index contributed by atoms with van der Waals surface area (Å²) in [5, 5.41) is 0. The molecule has 0 unspecified atom stereocenters. The Labute approximate surface area is 173 Å². The van der Waals surface area contributed by atoms with Crippen molar-refractivity contribution in [2.45, 2.75) is 12.5 Å². The minimum atomic E-state index is -1.05. The summed E-state index contributed by atoms with van der Waals surface area (Å²) in [4.78, 5) is 16.5. The zero-order valence-corrected chi connectivity index (χ0v) is 17.7. The summed E-state index contributed by atoms with van der Waals surface area (Å²) in [5.41, 5.74) is 3.74. The fraction of sp³-hybridized carbons (Fsp3) is 0.240. The molecule has 3 rings (SSSR count). The van der Waals surface area contributed by atoms with Crippen LogP contribution in [0.2, 0.25) is 0 Å². The number of hydrogen-bond donors (Lipinski definition) is 0. The van der Waals surface area contributed by atoms with Crippen LogP contribution in [0.4, 0.5) is 11.4 Å². The van der Waals surface area contributed by atoms with E-state index in [1.54, 1.807) is 0 Å². The van der Waals surface area contributed by atoms with Gasteiger partial charge >= 0.3 is 5.97 Å². The lowest BCUT2D eigenvalue weighted by molar-refractivity contribution is -0.150. The summed E-state index contributed by atoms with van der Waals surface area (Å²) in [6.45, 7) is 1.46. The summed E-state index contributed by atoms with van der Waals surface area (Å²) in [7, 11) is 8.01. The van der Waals surface area contributed by atoms with E-state index >= 15 is 0 Å². The first-order valence-corrected chi connectivity index (χ1v) is 9.65. The molecule has 0 fully saturated rings. The predicted octanol–water partition coefficient (Wildman–Crippen LogP) is 4.67. The molecular formula is C25H28N2O2. The lowest BCUT2D eigenvalue weighted by atomic mass is 9.79. The molecule has 3 aromatic rings. The van der Waals surface area contributed by atoms with Crippen LogP contribution in [0.3, 0.4) is 0 Å². The van der Waals surface area contributed by atoms with Crippen molar-refractivity contribution in [2.24, 2.45) is 0 Å². The molecule has 29 heavy (non-hydrogen) atoms. The third-order valence-electron chi connectivity index (χ3n) is 5.02. The minimum absolute atomic E-state index is 0.334. The minimum Gasteiger partial charge on any atom is -0.444 e. The maximum Gasteiger partial charge on any atom is 0.304 e. The van der Waals surface area contributed by atoms with Gasteiger partial charge in [0.25, 0.3) is 0 Å².